The number of ketones is 1. The first kappa shape index (κ1) is 22.4. The molecule has 0 bridgehead atoms. The number of hydrogen-bond donors (Lipinski definition) is 1. The van der Waals surface area contributed by atoms with Crippen molar-refractivity contribution < 1.29 is 19.1 Å². The lowest BCUT2D eigenvalue weighted by atomic mass is 9.96. The number of nitriles is 1. The molecule has 4 rings (SSSR count). The van der Waals surface area contributed by atoms with E-state index in [2.05, 4.69) is 11.4 Å². The lowest BCUT2D eigenvalue weighted by molar-refractivity contribution is -0.119. The molecule has 6 nitrogen and oxygen atoms in total. The van der Waals surface area contributed by atoms with Crippen molar-refractivity contribution >= 4 is 34.0 Å². The number of anilines is 1. The third kappa shape index (κ3) is 4.86. The molecule has 7 heteroatoms. The Kier molecular flexibility index (Phi) is 6.66. The Labute approximate surface area is 195 Å². The molecule has 1 N–H and O–H groups in total. The van der Waals surface area contributed by atoms with Gasteiger partial charge in [0.1, 0.15) is 11.1 Å². The fourth-order valence-corrected chi connectivity index (χ4v) is 5.12. The van der Waals surface area contributed by atoms with Gasteiger partial charge in [0.2, 0.25) is 0 Å². The molecule has 0 radical (unpaired) electrons. The number of nitrogens with one attached hydrogen (secondary N) is 1. The number of rotatable bonds is 6. The van der Waals surface area contributed by atoms with E-state index >= 15 is 0 Å². The molecule has 33 heavy (non-hydrogen) atoms. The van der Waals surface area contributed by atoms with E-state index in [1.807, 2.05) is 19.1 Å². The van der Waals surface area contributed by atoms with Crippen molar-refractivity contribution in [2.24, 2.45) is 0 Å². The highest BCUT2D eigenvalue weighted by Crippen LogP contribution is 2.37. The third-order valence-electron chi connectivity index (χ3n) is 5.58. The number of carbonyl (C=O) groups excluding carboxylic acids is 3. The molecule has 0 aliphatic heterocycles. The number of hydrogen-bond acceptors (Lipinski definition) is 6. The number of esters is 1. The molecule has 1 aliphatic carbocycles. The second kappa shape index (κ2) is 9.80. The first-order valence-electron chi connectivity index (χ1n) is 10.7. The number of nitrogens with zero attached hydrogens (tertiary/aromatic N) is 1. The molecule has 0 atom stereocenters. The van der Waals surface area contributed by atoms with Gasteiger partial charge in [-0.1, -0.05) is 48.0 Å². The average molecular weight is 459 g/mol. The van der Waals surface area contributed by atoms with Crippen LogP contribution in [0.15, 0.2) is 48.5 Å². The number of ether oxygens (including phenoxy) is 1. The number of benzene rings is 2. The fourth-order valence-electron chi connectivity index (χ4n) is 3.86. The topological polar surface area (TPSA) is 96.3 Å². The van der Waals surface area contributed by atoms with E-state index in [0.717, 1.165) is 41.7 Å². The van der Waals surface area contributed by atoms with Gasteiger partial charge >= 0.3 is 5.97 Å². The molecule has 0 unspecified atom stereocenters. The lowest BCUT2D eigenvalue weighted by Crippen LogP contribution is -2.22. The van der Waals surface area contributed by atoms with Gasteiger partial charge in [-0.2, -0.15) is 5.26 Å². The molecule has 0 saturated heterocycles. The molecule has 0 saturated carbocycles. The third-order valence-corrected chi connectivity index (χ3v) is 6.78. The summed E-state index contributed by atoms with van der Waals surface area (Å²) in [5.41, 5.74) is 3.32. The molecular formula is C26H22N2O4S. The summed E-state index contributed by atoms with van der Waals surface area (Å²) in [7, 11) is 0. The Balaban J connectivity index is 1.44. The van der Waals surface area contributed by atoms with E-state index in [1.165, 1.54) is 17.4 Å². The molecule has 0 spiro atoms. The fraction of sp³-hybridized carbons (Fsp3) is 0.231. The van der Waals surface area contributed by atoms with Crippen LogP contribution in [0.4, 0.5) is 5.00 Å². The minimum atomic E-state index is -0.757. The van der Waals surface area contributed by atoms with Gasteiger partial charge < -0.3 is 10.1 Å². The lowest BCUT2D eigenvalue weighted by Gasteiger charge is -2.10. The van der Waals surface area contributed by atoms with E-state index in [0.29, 0.717) is 16.1 Å². The molecule has 1 aliphatic rings. The predicted molar refractivity (Wildman–Crippen MR) is 126 cm³/mol. The smallest absolute Gasteiger partial charge is 0.339 e. The van der Waals surface area contributed by atoms with E-state index < -0.39 is 18.5 Å². The monoisotopic (exact) mass is 458 g/mol. The van der Waals surface area contributed by atoms with Crippen molar-refractivity contribution in [2.75, 3.05) is 11.9 Å². The molecule has 166 valence electrons. The summed E-state index contributed by atoms with van der Waals surface area (Å²) in [6.45, 7) is 1.41. The first-order chi connectivity index (χ1) is 16.0. The number of fused-ring (bicyclic) bond motifs is 1. The van der Waals surface area contributed by atoms with Crippen LogP contribution in [-0.4, -0.2) is 24.3 Å². The Hall–Kier alpha value is -3.76. The number of amides is 1. The quantitative estimate of drug-likeness (QED) is 0.421. The normalized spacial score (nSPS) is 12.4. The van der Waals surface area contributed by atoms with Crippen LogP contribution >= 0.6 is 11.3 Å². The van der Waals surface area contributed by atoms with Crippen molar-refractivity contribution in [3.05, 3.63) is 86.8 Å². The van der Waals surface area contributed by atoms with Crippen molar-refractivity contribution in [3.63, 3.8) is 0 Å². The molecule has 1 aromatic heterocycles. The largest absolute Gasteiger partial charge is 0.452 e. The average Bonchev–Trinajstić information content (AvgIpc) is 3.19. The maximum absolute atomic E-state index is 12.9. The molecule has 1 amide bonds. The Morgan fingerprint density at radius 3 is 2.45 bits per heavy atom. The van der Waals surface area contributed by atoms with Gasteiger partial charge in [-0.05, 0) is 44.2 Å². The summed E-state index contributed by atoms with van der Waals surface area (Å²) < 4.78 is 5.20. The van der Waals surface area contributed by atoms with Gasteiger partial charge in [0.05, 0.1) is 11.1 Å². The number of carbonyl (C=O) groups is 3. The maximum atomic E-state index is 12.9. The second-order valence-corrected chi connectivity index (χ2v) is 9.00. The van der Waals surface area contributed by atoms with E-state index in [4.69, 9.17) is 4.74 Å². The Bertz CT molecular complexity index is 1270. The van der Waals surface area contributed by atoms with Gasteiger partial charge in [-0.15, -0.1) is 11.3 Å². The Morgan fingerprint density at radius 1 is 1.03 bits per heavy atom. The predicted octanol–water partition coefficient (Wildman–Crippen LogP) is 4.83. The van der Waals surface area contributed by atoms with Gasteiger partial charge in [-0.3, -0.25) is 9.59 Å². The van der Waals surface area contributed by atoms with Crippen LogP contribution in [0.25, 0.3) is 0 Å². The number of thiophene rings is 1. The van der Waals surface area contributed by atoms with E-state index in [1.54, 1.807) is 30.3 Å². The molecule has 1 heterocycles. The second-order valence-electron chi connectivity index (χ2n) is 7.89. The minimum absolute atomic E-state index is 0.0974. The molecule has 0 fully saturated rings. The van der Waals surface area contributed by atoms with Crippen LogP contribution in [0.3, 0.4) is 0 Å². The van der Waals surface area contributed by atoms with E-state index in [9.17, 15) is 19.6 Å². The molecule has 3 aromatic rings. The summed E-state index contributed by atoms with van der Waals surface area (Å²) in [5, 5.41) is 12.7. The first-order valence-corrected chi connectivity index (χ1v) is 11.5. The standard InChI is InChI=1S/C26H22N2O4S/c1-16-10-12-17(13-11-16)24(30)19-7-2-3-8-20(19)26(31)32-15-23(29)28-25-21(14-27)18-6-4-5-9-22(18)33-25/h2-3,7-8,10-13H,4-6,9,15H2,1H3,(H,28,29). The van der Waals surface area contributed by atoms with Crippen LogP contribution in [0.5, 0.6) is 0 Å². The highest BCUT2D eigenvalue weighted by molar-refractivity contribution is 7.16. The van der Waals surface area contributed by atoms with Gasteiger partial charge in [0.25, 0.3) is 5.91 Å². The summed E-state index contributed by atoms with van der Waals surface area (Å²) in [6.07, 6.45) is 3.85. The molecular weight excluding hydrogens is 436 g/mol. The minimum Gasteiger partial charge on any atom is -0.452 e. The van der Waals surface area contributed by atoms with Crippen molar-refractivity contribution in [1.29, 1.82) is 5.26 Å². The van der Waals surface area contributed by atoms with Crippen LogP contribution in [0.1, 0.15) is 60.7 Å². The summed E-state index contributed by atoms with van der Waals surface area (Å²) in [5.74, 6) is -1.58. The van der Waals surface area contributed by atoms with Crippen LogP contribution in [-0.2, 0) is 22.4 Å². The summed E-state index contributed by atoms with van der Waals surface area (Å²) in [6, 6.07) is 15.6. The van der Waals surface area contributed by atoms with Crippen molar-refractivity contribution in [1.82, 2.24) is 0 Å². The van der Waals surface area contributed by atoms with Gasteiger partial charge in [-0.25, -0.2) is 4.79 Å². The summed E-state index contributed by atoms with van der Waals surface area (Å²) in [4.78, 5) is 39.2. The van der Waals surface area contributed by atoms with E-state index in [-0.39, 0.29) is 16.9 Å². The van der Waals surface area contributed by atoms with Crippen molar-refractivity contribution in [2.45, 2.75) is 32.6 Å². The zero-order valence-electron chi connectivity index (χ0n) is 18.1. The SMILES string of the molecule is Cc1ccc(C(=O)c2ccccc2C(=O)OCC(=O)Nc2sc3c(c2C#N)CCCC3)cc1. The van der Waals surface area contributed by atoms with Crippen molar-refractivity contribution in [3.8, 4) is 6.07 Å². The highest BCUT2D eigenvalue weighted by atomic mass is 32.1. The zero-order chi connectivity index (χ0) is 23.4. The van der Waals surface area contributed by atoms with Gasteiger partial charge in [0.15, 0.2) is 12.4 Å². The highest BCUT2D eigenvalue weighted by Gasteiger charge is 2.23. The van der Waals surface area contributed by atoms with Crippen LogP contribution < -0.4 is 5.32 Å². The Morgan fingerprint density at radius 2 is 1.73 bits per heavy atom. The maximum Gasteiger partial charge on any atom is 0.339 e. The van der Waals surface area contributed by atoms with Gasteiger partial charge in [0, 0.05) is 16.0 Å². The zero-order valence-corrected chi connectivity index (χ0v) is 19.0. The summed E-state index contributed by atoms with van der Waals surface area (Å²) >= 11 is 1.41. The molecule has 2 aromatic carbocycles. The van der Waals surface area contributed by atoms with Crippen LogP contribution in [0, 0.1) is 18.3 Å². The number of aryl methyl sites for hydroxylation is 2. The van der Waals surface area contributed by atoms with Crippen LogP contribution in [0.2, 0.25) is 0 Å².